The van der Waals surface area contributed by atoms with Gasteiger partial charge in [-0.05, 0) is 41.1 Å². The molecular weight excluding hydrogens is 396 g/mol. The Morgan fingerprint density at radius 2 is 1.90 bits per heavy atom. The lowest BCUT2D eigenvalue weighted by Crippen LogP contribution is -2.32. The summed E-state index contributed by atoms with van der Waals surface area (Å²) in [5.74, 6) is -0.144. The van der Waals surface area contributed by atoms with E-state index in [4.69, 9.17) is 0 Å². The largest absolute Gasteiger partial charge is 0.344 e. The zero-order chi connectivity index (χ0) is 20.9. The van der Waals surface area contributed by atoms with E-state index in [0.717, 1.165) is 16.9 Å². The van der Waals surface area contributed by atoms with Gasteiger partial charge in [-0.3, -0.25) is 9.59 Å². The number of hydrogen-bond donors (Lipinski definition) is 1. The summed E-state index contributed by atoms with van der Waals surface area (Å²) in [7, 11) is 0. The molecule has 2 aromatic carbocycles. The summed E-state index contributed by atoms with van der Waals surface area (Å²) in [5, 5.41) is 13.6. The van der Waals surface area contributed by atoms with Crippen molar-refractivity contribution in [1.82, 2.24) is 20.3 Å². The Morgan fingerprint density at radius 3 is 2.63 bits per heavy atom. The van der Waals surface area contributed by atoms with Gasteiger partial charge < -0.3 is 5.32 Å². The molecule has 6 nitrogen and oxygen atoms in total. The Hall–Kier alpha value is -3.32. The van der Waals surface area contributed by atoms with Gasteiger partial charge in [0.05, 0.1) is 18.0 Å². The Bertz CT molecular complexity index is 1200. The number of thiophene rings is 1. The number of nitrogens with zero attached hydrogens (tertiary/aromatic N) is 3. The fourth-order valence-corrected chi connectivity index (χ4v) is 4.13. The molecule has 2 aromatic heterocycles. The molecule has 0 aliphatic carbocycles. The number of fused-ring (bicyclic) bond motifs is 1. The van der Waals surface area contributed by atoms with Gasteiger partial charge in [0.25, 0.3) is 5.56 Å². The normalized spacial score (nSPS) is 12.0. The van der Waals surface area contributed by atoms with E-state index in [1.165, 1.54) is 10.2 Å². The molecule has 0 aliphatic heterocycles. The Morgan fingerprint density at radius 1 is 1.10 bits per heavy atom. The van der Waals surface area contributed by atoms with Crippen molar-refractivity contribution in [2.45, 2.75) is 32.4 Å². The van der Waals surface area contributed by atoms with Crippen LogP contribution in [0.2, 0.25) is 0 Å². The molecule has 4 rings (SSSR count). The second-order valence-electron chi connectivity index (χ2n) is 7.00. The number of aromatic nitrogens is 3. The van der Waals surface area contributed by atoms with Crippen molar-refractivity contribution in [3.05, 3.63) is 92.4 Å². The lowest BCUT2D eigenvalue weighted by Gasteiger charge is -2.18. The fourth-order valence-electron chi connectivity index (χ4n) is 3.33. The van der Waals surface area contributed by atoms with Gasteiger partial charge in [0.1, 0.15) is 5.52 Å². The van der Waals surface area contributed by atoms with E-state index in [9.17, 15) is 9.59 Å². The molecule has 0 fully saturated rings. The van der Waals surface area contributed by atoms with E-state index < -0.39 is 0 Å². The molecule has 0 aliphatic rings. The van der Waals surface area contributed by atoms with Gasteiger partial charge in [0.15, 0.2) is 0 Å². The minimum atomic E-state index is -0.238. The van der Waals surface area contributed by atoms with Gasteiger partial charge in [0.2, 0.25) is 5.91 Å². The number of benzene rings is 2. The third-order valence-electron chi connectivity index (χ3n) is 5.03. The van der Waals surface area contributed by atoms with Crippen LogP contribution in [0.5, 0.6) is 0 Å². The third-order valence-corrected chi connectivity index (χ3v) is 5.97. The number of nitrogens with one attached hydrogen (secondary N) is 1. The fraction of sp³-hybridized carbons (Fsp3) is 0.217. The molecular formula is C23H22N4O2S. The van der Waals surface area contributed by atoms with Crippen LogP contribution in [0, 0.1) is 0 Å². The molecule has 4 aromatic rings. The highest BCUT2D eigenvalue weighted by molar-refractivity contribution is 7.10. The summed E-state index contributed by atoms with van der Waals surface area (Å²) in [5.41, 5.74) is 2.60. The lowest BCUT2D eigenvalue weighted by molar-refractivity contribution is -0.121. The first-order chi connectivity index (χ1) is 14.7. The van der Waals surface area contributed by atoms with Crippen LogP contribution < -0.4 is 10.9 Å². The van der Waals surface area contributed by atoms with Crippen LogP contribution in [0.1, 0.15) is 35.4 Å². The van der Waals surface area contributed by atoms with Crippen molar-refractivity contribution >= 4 is 28.1 Å². The summed E-state index contributed by atoms with van der Waals surface area (Å²) in [6.45, 7) is 2.29. The molecule has 0 spiro atoms. The second kappa shape index (κ2) is 9.00. The molecule has 7 heteroatoms. The van der Waals surface area contributed by atoms with Crippen LogP contribution in [0.3, 0.4) is 0 Å². The van der Waals surface area contributed by atoms with Crippen molar-refractivity contribution in [3.8, 4) is 0 Å². The van der Waals surface area contributed by atoms with Gasteiger partial charge in [-0.25, -0.2) is 4.68 Å². The van der Waals surface area contributed by atoms with Crippen LogP contribution in [-0.4, -0.2) is 20.9 Å². The van der Waals surface area contributed by atoms with Crippen molar-refractivity contribution in [1.29, 1.82) is 0 Å². The lowest BCUT2D eigenvalue weighted by atomic mass is 10.0. The highest BCUT2D eigenvalue weighted by Gasteiger charge is 2.18. The number of aryl methyl sites for hydroxylation is 2. The van der Waals surface area contributed by atoms with Crippen molar-refractivity contribution in [2.24, 2.45) is 0 Å². The highest BCUT2D eigenvalue weighted by Crippen LogP contribution is 2.26. The van der Waals surface area contributed by atoms with E-state index in [2.05, 4.69) is 46.8 Å². The maximum absolute atomic E-state index is 12.7. The van der Waals surface area contributed by atoms with Gasteiger partial charge in [-0.15, -0.1) is 16.4 Å². The smallest absolute Gasteiger partial charge is 0.277 e. The van der Waals surface area contributed by atoms with E-state index in [1.54, 1.807) is 29.5 Å². The van der Waals surface area contributed by atoms with Gasteiger partial charge >= 0.3 is 0 Å². The van der Waals surface area contributed by atoms with Crippen molar-refractivity contribution < 1.29 is 4.79 Å². The SMILES string of the molecule is CCc1ccc(C(NC(=O)CCn2nnc3ccccc3c2=O)c2cccs2)cc1. The highest BCUT2D eigenvalue weighted by atomic mass is 32.1. The summed E-state index contributed by atoms with van der Waals surface area (Å²) in [4.78, 5) is 26.4. The predicted molar refractivity (Wildman–Crippen MR) is 119 cm³/mol. The average molecular weight is 419 g/mol. The van der Waals surface area contributed by atoms with Gasteiger partial charge in [-0.1, -0.05) is 54.6 Å². The van der Waals surface area contributed by atoms with E-state index in [-0.39, 0.29) is 30.5 Å². The standard InChI is InChI=1S/C23H22N4O2S/c1-2-16-9-11-17(12-10-16)22(20-8-5-15-30-20)24-21(28)13-14-27-23(29)18-6-3-4-7-19(18)25-26-27/h3-12,15,22H,2,13-14H2,1H3,(H,24,28). The molecule has 0 radical (unpaired) electrons. The summed E-state index contributed by atoms with van der Waals surface area (Å²) < 4.78 is 1.25. The molecule has 1 N–H and O–H groups in total. The summed E-state index contributed by atoms with van der Waals surface area (Å²) in [6.07, 6.45) is 1.11. The minimum absolute atomic E-state index is 0.141. The zero-order valence-corrected chi connectivity index (χ0v) is 17.4. The van der Waals surface area contributed by atoms with Crippen LogP contribution in [0.4, 0.5) is 0 Å². The molecule has 1 unspecified atom stereocenters. The quantitative estimate of drug-likeness (QED) is 0.496. The molecule has 0 saturated carbocycles. The van der Waals surface area contributed by atoms with E-state index in [1.807, 2.05) is 23.6 Å². The van der Waals surface area contributed by atoms with Gasteiger partial charge in [-0.2, -0.15) is 0 Å². The summed E-state index contributed by atoms with van der Waals surface area (Å²) in [6, 6.07) is 19.1. The zero-order valence-electron chi connectivity index (χ0n) is 16.6. The third kappa shape index (κ3) is 4.31. The Kier molecular flexibility index (Phi) is 5.99. The maximum Gasteiger partial charge on any atom is 0.277 e. The first-order valence-corrected chi connectivity index (χ1v) is 10.8. The van der Waals surface area contributed by atoms with Crippen LogP contribution in [0.25, 0.3) is 10.9 Å². The first-order valence-electron chi connectivity index (χ1n) is 9.90. The summed E-state index contributed by atoms with van der Waals surface area (Å²) >= 11 is 1.60. The Balaban J connectivity index is 1.49. The van der Waals surface area contributed by atoms with Gasteiger partial charge in [0, 0.05) is 11.3 Å². The van der Waals surface area contributed by atoms with Crippen LogP contribution in [-0.2, 0) is 17.8 Å². The number of hydrogen-bond acceptors (Lipinski definition) is 5. The minimum Gasteiger partial charge on any atom is -0.344 e. The van der Waals surface area contributed by atoms with Crippen molar-refractivity contribution in [3.63, 3.8) is 0 Å². The van der Waals surface area contributed by atoms with E-state index in [0.29, 0.717) is 10.9 Å². The average Bonchev–Trinajstić information content (AvgIpc) is 3.32. The topological polar surface area (TPSA) is 76.9 Å². The van der Waals surface area contributed by atoms with Crippen LogP contribution in [0.15, 0.2) is 70.8 Å². The number of amides is 1. The molecule has 30 heavy (non-hydrogen) atoms. The molecule has 0 saturated heterocycles. The number of rotatable bonds is 7. The molecule has 0 bridgehead atoms. The first kappa shape index (κ1) is 20.0. The number of carbonyl (C=O) groups is 1. The molecule has 152 valence electrons. The second-order valence-corrected chi connectivity index (χ2v) is 7.98. The van der Waals surface area contributed by atoms with Crippen molar-refractivity contribution in [2.75, 3.05) is 0 Å². The van der Waals surface area contributed by atoms with Crippen LogP contribution >= 0.6 is 11.3 Å². The van der Waals surface area contributed by atoms with E-state index >= 15 is 0 Å². The maximum atomic E-state index is 12.7. The number of carbonyl (C=O) groups excluding carboxylic acids is 1. The Labute approximate surface area is 178 Å². The predicted octanol–water partition coefficient (Wildman–Crippen LogP) is 3.71. The molecule has 1 atom stereocenters. The monoisotopic (exact) mass is 418 g/mol. The molecule has 2 heterocycles. The molecule has 1 amide bonds.